The van der Waals surface area contributed by atoms with Gasteiger partial charge >= 0.3 is 5.97 Å². The van der Waals surface area contributed by atoms with Gasteiger partial charge in [-0.2, -0.15) is 17.4 Å². The van der Waals surface area contributed by atoms with Gasteiger partial charge in [-0.3, -0.25) is 9.59 Å². The third-order valence-electron chi connectivity index (χ3n) is 3.60. The molecule has 1 unspecified atom stereocenters. The Balaban J connectivity index is 2.61. The van der Waals surface area contributed by atoms with Crippen molar-refractivity contribution in [2.75, 3.05) is 32.7 Å². The molecule has 1 heterocycles. The van der Waals surface area contributed by atoms with E-state index in [0.717, 1.165) is 4.31 Å². The first-order valence-electron chi connectivity index (χ1n) is 7.07. The number of carboxylic acids is 1. The number of carbonyl (C=O) groups is 2. The second kappa shape index (κ2) is 7.71. The third kappa shape index (κ3) is 4.94. The fraction of sp³-hybridized carbons (Fsp3) is 0.833. The molecule has 0 aliphatic carbocycles. The van der Waals surface area contributed by atoms with Crippen LogP contribution in [-0.4, -0.2) is 67.3 Å². The van der Waals surface area contributed by atoms with Crippen molar-refractivity contribution in [2.45, 2.75) is 26.7 Å². The van der Waals surface area contributed by atoms with Gasteiger partial charge in [0.2, 0.25) is 5.91 Å². The Morgan fingerprint density at radius 2 is 1.95 bits per heavy atom. The van der Waals surface area contributed by atoms with Crippen LogP contribution in [0.25, 0.3) is 0 Å². The topological polar surface area (TPSA) is 107 Å². The highest BCUT2D eigenvalue weighted by molar-refractivity contribution is 7.87. The third-order valence-corrected chi connectivity index (χ3v) is 5.12. The minimum absolute atomic E-state index is 0.0515. The van der Waals surface area contributed by atoms with E-state index in [1.807, 2.05) is 13.8 Å². The summed E-state index contributed by atoms with van der Waals surface area (Å²) in [6, 6.07) is 0. The van der Waals surface area contributed by atoms with Crippen molar-refractivity contribution in [2.24, 2.45) is 5.92 Å². The number of nitrogens with zero attached hydrogens (tertiary/aromatic N) is 2. The summed E-state index contributed by atoms with van der Waals surface area (Å²) in [5, 5.41) is 8.97. The van der Waals surface area contributed by atoms with Gasteiger partial charge in [0.1, 0.15) is 0 Å². The number of hydrogen-bond donors (Lipinski definition) is 2. The number of aliphatic carboxylic acids is 1. The minimum atomic E-state index is -3.82. The number of piperidine rings is 1. The van der Waals surface area contributed by atoms with Gasteiger partial charge in [-0.1, -0.05) is 0 Å². The van der Waals surface area contributed by atoms with Gasteiger partial charge in [-0.05, 0) is 26.7 Å². The van der Waals surface area contributed by atoms with E-state index < -0.39 is 22.1 Å². The van der Waals surface area contributed by atoms with E-state index in [1.165, 1.54) is 4.90 Å². The van der Waals surface area contributed by atoms with Crippen LogP contribution in [0.15, 0.2) is 0 Å². The zero-order valence-corrected chi connectivity index (χ0v) is 13.2. The van der Waals surface area contributed by atoms with Crippen LogP contribution in [-0.2, 0) is 19.8 Å². The predicted octanol–water partition coefficient (Wildman–Crippen LogP) is -0.514. The Kier molecular flexibility index (Phi) is 6.56. The summed E-state index contributed by atoms with van der Waals surface area (Å²) in [6.07, 6.45) is 0.974. The molecule has 0 aromatic carbocycles. The van der Waals surface area contributed by atoms with E-state index >= 15 is 0 Å². The van der Waals surface area contributed by atoms with Gasteiger partial charge < -0.3 is 10.0 Å². The van der Waals surface area contributed by atoms with E-state index in [-0.39, 0.29) is 25.5 Å². The first-order chi connectivity index (χ1) is 9.81. The van der Waals surface area contributed by atoms with Crippen molar-refractivity contribution < 1.29 is 23.1 Å². The first-order valence-corrected chi connectivity index (χ1v) is 8.51. The molecule has 21 heavy (non-hydrogen) atoms. The maximum Gasteiger partial charge on any atom is 0.307 e. The normalized spacial score (nSPS) is 20.2. The number of rotatable bonds is 7. The molecule has 0 bridgehead atoms. The lowest BCUT2D eigenvalue weighted by molar-refractivity contribution is -0.143. The molecule has 1 rings (SSSR count). The lowest BCUT2D eigenvalue weighted by atomic mass is 10.0. The SMILES string of the molecule is CCN(CC)C(=O)CNS(=O)(=O)N1CCCC(C(=O)O)C1. The highest BCUT2D eigenvalue weighted by Crippen LogP contribution is 2.18. The van der Waals surface area contributed by atoms with Crippen molar-refractivity contribution in [3.05, 3.63) is 0 Å². The molecule has 0 spiro atoms. The second-order valence-electron chi connectivity index (χ2n) is 4.93. The molecule has 0 radical (unpaired) electrons. The van der Waals surface area contributed by atoms with E-state index in [9.17, 15) is 18.0 Å². The maximum absolute atomic E-state index is 12.1. The van der Waals surface area contributed by atoms with Crippen molar-refractivity contribution in [3.8, 4) is 0 Å². The van der Waals surface area contributed by atoms with Crippen LogP contribution in [0.1, 0.15) is 26.7 Å². The number of carbonyl (C=O) groups excluding carboxylic acids is 1. The molecule has 0 aromatic rings. The molecule has 0 aromatic heterocycles. The molecule has 1 saturated heterocycles. The number of carboxylic acid groups (broad SMARTS) is 1. The zero-order chi connectivity index (χ0) is 16.0. The highest BCUT2D eigenvalue weighted by Gasteiger charge is 2.32. The lowest BCUT2D eigenvalue weighted by Gasteiger charge is -2.30. The van der Waals surface area contributed by atoms with Gasteiger partial charge in [-0.25, -0.2) is 0 Å². The monoisotopic (exact) mass is 321 g/mol. The fourth-order valence-electron chi connectivity index (χ4n) is 2.29. The summed E-state index contributed by atoms with van der Waals surface area (Å²) < 4.78 is 27.6. The zero-order valence-electron chi connectivity index (χ0n) is 12.4. The molecule has 1 fully saturated rings. The molecule has 1 amide bonds. The average Bonchev–Trinajstić information content (AvgIpc) is 2.46. The van der Waals surface area contributed by atoms with Crippen molar-refractivity contribution in [1.29, 1.82) is 0 Å². The number of nitrogens with one attached hydrogen (secondary N) is 1. The molecule has 122 valence electrons. The van der Waals surface area contributed by atoms with Crippen LogP contribution in [0.2, 0.25) is 0 Å². The van der Waals surface area contributed by atoms with Gasteiger partial charge in [0.25, 0.3) is 10.2 Å². The van der Waals surface area contributed by atoms with E-state index in [2.05, 4.69) is 4.72 Å². The Labute approximate surface area is 125 Å². The quantitative estimate of drug-likeness (QED) is 0.656. The summed E-state index contributed by atoms with van der Waals surface area (Å²) in [5.41, 5.74) is 0. The van der Waals surface area contributed by atoms with E-state index in [0.29, 0.717) is 25.9 Å². The van der Waals surface area contributed by atoms with E-state index in [1.54, 1.807) is 0 Å². The summed E-state index contributed by atoms with van der Waals surface area (Å²) in [4.78, 5) is 24.3. The molecular weight excluding hydrogens is 298 g/mol. The van der Waals surface area contributed by atoms with Crippen LogP contribution in [0.4, 0.5) is 0 Å². The Hall–Kier alpha value is -1.19. The van der Waals surface area contributed by atoms with Crippen LogP contribution in [0, 0.1) is 5.92 Å². The molecule has 8 nitrogen and oxygen atoms in total. The summed E-state index contributed by atoms with van der Waals surface area (Å²) in [7, 11) is -3.82. The second-order valence-corrected chi connectivity index (χ2v) is 6.68. The largest absolute Gasteiger partial charge is 0.481 e. The minimum Gasteiger partial charge on any atom is -0.481 e. The molecule has 1 aliphatic rings. The molecule has 9 heteroatoms. The summed E-state index contributed by atoms with van der Waals surface area (Å²) in [5.74, 6) is -1.97. The van der Waals surface area contributed by atoms with Crippen LogP contribution < -0.4 is 4.72 Å². The van der Waals surface area contributed by atoms with E-state index in [4.69, 9.17) is 5.11 Å². The number of likely N-dealkylation sites (N-methyl/N-ethyl adjacent to an activating group) is 1. The number of amides is 1. The predicted molar refractivity (Wildman–Crippen MR) is 76.8 cm³/mol. The Morgan fingerprint density at radius 1 is 1.33 bits per heavy atom. The van der Waals surface area contributed by atoms with Gasteiger partial charge in [0, 0.05) is 26.2 Å². The Morgan fingerprint density at radius 3 is 2.48 bits per heavy atom. The maximum atomic E-state index is 12.1. The smallest absolute Gasteiger partial charge is 0.307 e. The fourth-order valence-corrected chi connectivity index (χ4v) is 3.53. The average molecular weight is 321 g/mol. The van der Waals surface area contributed by atoms with Crippen LogP contribution in [0.5, 0.6) is 0 Å². The van der Waals surface area contributed by atoms with Crippen LogP contribution in [0.3, 0.4) is 0 Å². The molecule has 1 aliphatic heterocycles. The summed E-state index contributed by atoms with van der Waals surface area (Å²) in [6.45, 7) is 4.58. The molecular formula is C12H23N3O5S. The van der Waals surface area contributed by atoms with Crippen molar-refractivity contribution in [3.63, 3.8) is 0 Å². The number of hydrogen-bond acceptors (Lipinski definition) is 4. The van der Waals surface area contributed by atoms with Crippen molar-refractivity contribution in [1.82, 2.24) is 13.9 Å². The molecule has 1 atom stereocenters. The Bertz CT molecular complexity index is 475. The molecule has 0 saturated carbocycles. The van der Waals surface area contributed by atoms with Gasteiger partial charge in [0.05, 0.1) is 12.5 Å². The standard InChI is InChI=1S/C12H23N3O5S/c1-3-14(4-2)11(16)8-13-21(19,20)15-7-5-6-10(9-15)12(17)18/h10,13H,3-9H2,1-2H3,(H,17,18). The van der Waals surface area contributed by atoms with Gasteiger partial charge in [0.15, 0.2) is 0 Å². The molecule has 2 N–H and O–H groups in total. The van der Waals surface area contributed by atoms with Gasteiger partial charge in [-0.15, -0.1) is 0 Å². The summed E-state index contributed by atoms with van der Waals surface area (Å²) >= 11 is 0. The highest BCUT2D eigenvalue weighted by atomic mass is 32.2. The van der Waals surface area contributed by atoms with Crippen LogP contribution >= 0.6 is 0 Å². The van der Waals surface area contributed by atoms with Crippen molar-refractivity contribution >= 4 is 22.1 Å². The lowest BCUT2D eigenvalue weighted by Crippen LogP contribution is -2.49. The first kappa shape index (κ1) is 17.9.